The van der Waals surface area contributed by atoms with Gasteiger partial charge < -0.3 is 0 Å². The number of carbonyl (C=O) groups excluding carboxylic acids is 3. The van der Waals surface area contributed by atoms with E-state index in [1.807, 2.05) is 31.2 Å². The van der Waals surface area contributed by atoms with Crippen molar-refractivity contribution in [2.45, 2.75) is 6.92 Å². The van der Waals surface area contributed by atoms with Crippen LogP contribution in [0.1, 0.15) is 36.6 Å². The van der Waals surface area contributed by atoms with Gasteiger partial charge in [-0.15, -0.1) is 0 Å². The normalized spacial score (nSPS) is 9.37. The van der Waals surface area contributed by atoms with Gasteiger partial charge in [0.15, 0.2) is 0 Å². The summed E-state index contributed by atoms with van der Waals surface area (Å²) < 4.78 is 0. The van der Waals surface area contributed by atoms with Crippen molar-refractivity contribution in [2.24, 2.45) is 0 Å². The second-order valence-corrected chi connectivity index (χ2v) is 5.45. The van der Waals surface area contributed by atoms with Crippen molar-refractivity contribution in [2.75, 3.05) is 0 Å². The van der Waals surface area contributed by atoms with Crippen molar-refractivity contribution < 1.29 is 24.2 Å². The predicted octanol–water partition coefficient (Wildman–Crippen LogP) is 4.42. The number of benzene rings is 3. The first-order valence-electron chi connectivity index (χ1n) is 8.16. The van der Waals surface area contributed by atoms with Crippen LogP contribution in [0.15, 0.2) is 84.9 Å². The monoisotopic (exact) mass is 362 g/mol. The molecule has 0 heterocycles. The van der Waals surface area contributed by atoms with Gasteiger partial charge in [-0.3, -0.25) is 4.79 Å². The molecule has 3 rings (SSSR count). The summed E-state index contributed by atoms with van der Waals surface area (Å²) in [6.45, 7) is 1.92. The molecule has 3 aromatic carbocycles. The summed E-state index contributed by atoms with van der Waals surface area (Å²) in [7, 11) is 0. The lowest BCUT2D eigenvalue weighted by atomic mass is 10.1. The predicted molar refractivity (Wildman–Crippen MR) is 100 cm³/mol. The third-order valence-electron chi connectivity index (χ3n) is 3.53. The van der Waals surface area contributed by atoms with Gasteiger partial charge in [-0.25, -0.2) is 19.4 Å². The van der Waals surface area contributed by atoms with E-state index in [0.29, 0.717) is 11.1 Å². The highest BCUT2D eigenvalue weighted by atomic mass is 17.2. The van der Waals surface area contributed by atoms with Crippen molar-refractivity contribution in [3.63, 3.8) is 0 Å². The molecular weight excluding hydrogens is 344 g/mol. The molecule has 0 radical (unpaired) electrons. The van der Waals surface area contributed by atoms with Gasteiger partial charge in [0.2, 0.25) is 0 Å². The summed E-state index contributed by atoms with van der Waals surface area (Å²) in [6.07, 6.45) is 0.870. The van der Waals surface area contributed by atoms with Crippen LogP contribution >= 0.6 is 0 Å². The summed E-state index contributed by atoms with van der Waals surface area (Å²) in [5.41, 5.74) is 2.45. The minimum Gasteiger partial charge on any atom is -0.298 e. The molecule has 5 heteroatoms. The van der Waals surface area contributed by atoms with Crippen LogP contribution in [-0.2, 0) is 9.78 Å². The maximum Gasteiger partial charge on any atom is 0.386 e. The summed E-state index contributed by atoms with van der Waals surface area (Å²) in [5.74, 6) is -1.42. The minimum absolute atomic E-state index is 0.318. The lowest BCUT2D eigenvalue weighted by Gasteiger charge is -2.02. The number of aldehydes is 1. The van der Waals surface area contributed by atoms with Gasteiger partial charge >= 0.3 is 11.9 Å². The van der Waals surface area contributed by atoms with E-state index in [2.05, 4.69) is 9.78 Å². The first-order chi connectivity index (χ1) is 13.1. The van der Waals surface area contributed by atoms with Crippen molar-refractivity contribution in [1.82, 2.24) is 0 Å². The van der Waals surface area contributed by atoms with Crippen molar-refractivity contribution in [1.29, 1.82) is 0 Å². The van der Waals surface area contributed by atoms with E-state index in [4.69, 9.17) is 0 Å². The van der Waals surface area contributed by atoms with E-state index in [1.165, 1.54) is 0 Å². The fraction of sp³-hybridized carbons (Fsp3) is 0.0455. The maximum atomic E-state index is 11.5. The second-order valence-electron chi connectivity index (χ2n) is 5.45. The molecule has 0 N–H and O–H groups in total. The van der Waals surface area contributed by atoms with E-state index < -0.39 is 11.9 Å². The molecule has 0 aromatic heterocycles. The number of carbonyl (C=O) groups is 3. The van der Waals surface area contributed by atoms with Crippen LogP contribution in [0.3, 0.4) is 0 Å². The van der Waals surface area contributed by atoms with E-state index >= 15 is 0 Å². The summed E-state index contributed by atoms with van der Waals surface area (Å²) in [5, 5.41) is 0. The molecule has 136 valence electrons. The van der Waals surface area contributed by atoms with Crippen LogP contribution in [-0.4, -0.2) is 18.2 Å². The van der Waals surface area contributed by atoms with Crippen molar-refractivity contribution in [3.8, 4) is 0 Å². The Kier molecular flexibility index (Phi) is 7.48. The fourth-order valence-electron chi connectivity index (χ4n) is 2.04. The van der Waals surface area contributed by atoms with E-state index in [-0.39, 0.29) is 0 Å². The molecule has 0 saturated heterocycles. The Morgan fingerprint density at radius 3 is 1.44 bits per heavy atom. The zero-order valence-corrected chi connectivity index (χ0v) is 14.7. The SMILES string of the molecule is Cc1ccccc1C=O.O=C(OOC(=O)c1ccccc1)c1ccccc1. The summed E-state index contributed by atoms with van der Waals surface area (Å²) in [6, 6.07) is 24.1. The fourth-order valence-corrected chi connectivity index (χ4v) is 2.04. The quantitative estimate of drug-likeness (QED) is 0.392. The third-order valence-corrected chi connectivity index (χ3v) is 3.53. The first kappa shape index (κ1) is 19.6. The van der Waals surface area contributed by atoms with Crippen molar-refractivity contribution in [3.05, 3.63) is 107 Å². The van der Waals surface area contributed by atoms with E-state index in [0.717, 1.165) is 17.4 Å². The zero-order valence-electron chi connectivity index (χ0n) is 14.7. The zero-order chi connectivity index (χ0) is 19.5. The molecule has 0 atom stereocenters. The van der Waals surface area contributed by atoms with Crippen LogP contribution in [0.4, 0.5) is 0 Å². The van der Waals surface area contributed by atoms with Gasteiger partial charge in [0, 0.05) is 5.56 Å². The number of hydrogen-bond acceptors (Lipinski definition) is 5. The highest BCUT2D eigenvalue weighted by Crippen LogP contribution is 2.05. The smallest absolute Gasteiger partial charge is 0.298 e. The molecule has 0 aliphatic heterocycles. The molecule has 0 spiro atoms. The Bertz CT molecular complexity index is 837. The molecule has 27 heavy (non-hydrogen) atoms. The molecule has 5 nitrogen and oxygen atoms in total. The average Bonchev–Trinajstić information content (AvgIpc) is 2.74. The van der Waals surface area contributed by atoms with Crippen LogP contribution in [0.2, 0.25) is 0 Å². The van der Waals surface area contributed by atoms with Gasteiger partial charge in [-0.2, -0.15) is 0 Å². The van der Waals surface area contributed by atoms with Gasteiger partial charge in [0.05, 0.1) is 11.1 Å². The molecule has 0 amide bonds. The summed E-state index contributed by atoms with van der Waals surface area (Å²) in [4.78, 5) is 42.1. The Hall–Kier alpha value is -3.73. The van der Waals surface area contributed by atoms with Crippen LogP contribution in [0.5, 0.6) is 0 Å². The number of rotatable bonds is 3. The number of hydrogen-bond donors (Lipinski definition) is 0. The maximum absolute atomic E-state index is 11.5. The highest BCUT2D eigenvalue weighted by molar-refractivity contribution is 5.92. The lowest BCUT2D eigenvalue weighted by molar-refractivity contribution is -0.187. The van der Waals surface area contributed by atoms with E-state index in [1.54, 1.807) is 60.7 Å². The van der Waals surface area contributed by atoms with Crippen molar-refractivity contribution >= 4 is 18.2 Å². The second kappa shape index (κ2) is 10.3. The average molecular weight is 362 g/mol. The standard InChI is InChI=1S/C14H10O4.C8H8O/c15-13(11-7-3-1-4-8-11)17-18-14(16)12-9-5-2-6-10-12;1-7-4-2-3-5-8(7)6-9/h1-10H;2-6H,1H3. The van der Waals surface area contributed by atoms with Crippen LogP contribution in [0, 0.1) is 6.92 Å². The third kappa shape index (κ3) is 6.25. The lowest BCUT2D eigenvalue weighted by Crippen LogP contribution is -2.11. The molecule has 0 aliphatic rings. The Morgan fingerprint density at radius 2 is 1.07 bits per heavy atom. The molecule has 0 saturated carbocycles. The first-order valence-corrected chi connectivity index (χ1v) is 8.16. The Morgan fingerprint density at radius 1 is 0.667 bits per heavy atom. The molecule has 3 aromatic rings. The molecule has 0 bridgehead atoms. The molecular formula is C22H18O5. The molecule has 0 aliphatic carbocycles. The Labute approximate surface area is 157 Å². The van der Waals surface area contributed by atoms with Gasteiger partial charge in [0.1, 0.15) is 6.29 Å². The largest absolute Gasteiger partial charge is 0.386 e. The summed E-state index contributed by atoms with van der Waals surface area (Å²) >= 11 is 0. The highest BCUT2D eigenvalue weighted by Gasteiger charge is 2.12. The number of aryl methyl sites for hydroxylation is 1. The minimum atomic E-state index is -0.708. The van der Waals surface area contributed by atoms with Crippen LogP contribution < -0.4 is 0 Å². The Balaban J connectivity index is 0.000000244. The van der Waals surface area contributed by atoms with Crippen LogP contribution in [0.25, 0.3) is 0 Å². The molecule has 0 fully saturated rings. The van der Waals surface area contributed by atoms with E-state index in [9.17, 15) is 14.4 Å². The molecule has 0 unspecified atom stereocenters. The topological polar surface area (TPSA) is 69.7 Å². The van der Waals surface area contributed by atoms with Gasteiger partial charge in [-0.1, -0.05) is 60.7 Å². The van der Waals surface area contributed by atoms with Gasteiger partial charge in [-0.05, 0) is 36.8 Å². The van der Waals surface area contributed by atoms with Gasteiger partial charge in [0.25, 0.3) is 0 Å².